The number of amides is 1. The first-order valence-corrected chi connectivity index (χ1v) is 5.95. The van der Waals surface area contributed by atoms with Gasteiger partial charge in [-0.2, -0.15) is 18.3 Å². The van der Waals surface area contributed by atoms with Crippen LogP contribution in [0.5, 0.6) is 0 Å². The number of rotatable bonds is 3. The number of aryl methyl sites for hydroxylation is 1. The molecule has 0 aliphatic rings. The van der Waals surface area contributed by atoms with Crippen molar-refractivity contribution < 1.29 is 18.0 Å². The zero-order valence-corrected chi connectivity index (χ0v) is 11.4. The quantitative estimate of drug-likeness (QED) is 0.923. The minimum absolute atomic E-state index is 0.125. The van der Waals surface area contributed by atoms with Gasteiger partial charge in [-0.3, -0.25) is 9.48 Å². The van der Waals surface area contributed by atoms with Gasteiger partial charge in [0.25, 0.3) is 5.91 Å². The highest BCUT2D eigenvalue weighted by Crippen LogP contribution is 2.33. The summed E-state index contributed by atoms with van der Waals surface area (Å²) in [6.07, 6.45) is -1.81. The number of hydrogen-bond donors (Lipinski definition) is 1. The maximum absolute atomic E-state index is 12.9. The molecular weight excluding hydrogens is 259 g/mol. The van der Waals surface area contributed by atoms with Crippen molar-refractivity contribution in [1.82, 2.24) is 15.1 Å². The molecule has 1 aromatic heterocycles. The molecule has 0 aliphatic carbocycles. The molecule has 19 heavy (non-hydrogen) atoms. The van der Waals surface area contributed by atoms with Gasteiger partial charge in [0.15, 0.2) is 0 Å². The van der Waals surface area contributed by atoms with Gasteiger partial charge in [-0.05, 0) is 12.3 Å². The second-order valence-electron chi connectivity index (χ2n) is 5.40. The van der Waals surface area contributed by atoms with E-state index in [-0.39, 0.29) is 5.56 Å². The molecule has 108 valence electrons. The number of nitrogens with zero attached hydrogens (tertiary/aromatic N) is 2. The second kappa shape index (κ2) is 5.22. The Morgan fingerprint density at radius 3 is 2.37 bits per heavy atom. The molecule has 1 atom stereocenters. The number of hydrogen-bond acceptors (Lipinski definition) is 2. The van der Waals surface area contributed by atoms with Gasteiger partial charge in [-0.15, -0.1) is 0 Å². The van der Waals surface area contributed by atoms with E-state index in [0.29, 0.717) is 6.54 Å². The summed E-state index contributed by atoms with van der Waals surface area (Å²) in [6.45, 7) is 6.67. The predicted octanol–water partition coefficient (Wildman–Crippen LogP) is 2.61. The molecule has 1 amide bonds. The molecule has 0 spiro atoms. The summed E-state index contributed by atoms with van der Waals surface area (Å²) in [5.74, 6) is -0.767. The lowest BCUT2D eigenvalue weighted by molar-refractivity contribution is -0.174. The van der Waals surface area contributed by atoms with Crippen molar-refractivity contribution in [3.05, 3.63) is 18.0 Å². The lowest BCUT2D eigenvalue weighted by Crippen LogP contribution is -2.53. The summed E-state index contributed by atoms with van der Waals surface area (Å²) in [5, 5.41) is 5.90. The van der Waals surface area contributed by atoms with E-state index in [9.17, 15) is 18.0 Å². The molecule has 0 unspecified atom stereocenters. The summed E-state index contributed by atoms with van der Waals surface area (Å²) in [7, 11) is 0. The van der Waals surface area contributed by atoms with Gasteiger partial charge >= 0.3 is 6.18 Å². The second-order valence-corrected chi connectivity index (χ2v) is 5.40. The van der Waals surface area contributed by atoms with Crippen LogP contribution in [0.4, 0.5) is 13.2 Å². The van der Waals surface area contributed by atoms with Crippen LogP contribution in [0.3, 0.4) is 0 Å². The molecule has 1 heterocycles. The SMILES string of the molecule is CCn1cc(C(=O)N[C@H](C(C)(C)C)C(F)(F)F)cn1. The van der Waals surface area contributed by atoms with E-state index in [1.807, 2.05) is 12.2 Å². The average Bonchev–Trinajstić information content (AvgIpc) is 2.70. The summed E-state index contributed by atoms with van der Waals surface area (Å²) in [6, 6.07) is -1.91. The van der Waals surface area contributed by atoms with Crippen LogP contribution in [-0.4, -0.2) is 27.9 Å². The van der Waals surface area contributed by atoms with Crippen LogP contribution in [0.15, 0.2) is 12.4 Å². The molecule has 0 aliphatic heterocycles. The van der Waals surface area contributed by atoms with E-state index in [0.717, 1.165) is 0 Å². The van der Waals surface area contributed by atoms with Gasteiger partial charge in [0, 0.05) is 12.7 Å². The van der Waals surface area contributed by atoms with Crippen molar-refractivity contribution in [2.75, 3.05) is 0 Å². The summed E-state index contributed by atoms with van der Waals surface area (Å²) in [5.41, 5.74) is -0.991. The van der Waals surface area contributed by atoms with E-state index < -0.39 is 23.5 Å². The molecule has 1 aromatic rings. The van der Waals surface area contributed by atoms with Gasteiger partial charge < -0.3 is 5.32 Å². The Labute approximate surface area is 110 Å². The van der Waals surface area contributed by atoms with E-state index in [1.54, 1.807) is 0 Å². The Bertz CT molecular complexity index is 432. The Morgan fingerprint density at radius 1 is 1.42 bits per heavy atom. The molecular formula is C12H18F3N3O. The first-order chi connectivity index (χ1) is 8.55. The number of nitrogens with one attached hydrogen (secondary N) is 1. The fraction of sp³-hybridized carbons (Fsp3) is 0.667. The van der Waals surface area contributed by atoms with Gasteiger partial charge in [0.05, 0.1) is 11.8 Å². The van der Waals surface area contributed by atoms with Crippen molar-refractivity contribution >= 4 is 5.91 Å². The smallest absolute Gasteiger partial charge is 0.340 e. The molecule has 7 heteroatoms. The van der Waals surface area contributed by atoms with E-state index in [1.165, 1.54) is 37.8 Å². The van der Waals surface area contributed by atoms with Crippen molar-refractivity contribution in [2.24, 2.45) is 5.41 Å². The standard InChI is InChI=1S/C12H18F3N3O/c1-5-18-7-8(6-16-18)9(19)17-10(11(2,3)4)12(13,14)15/h6-7,10H,5H2,1-4H3,(H,17,19)/t10-/m1/s1. The third kappa shape index (κ3) is 3.97. The van der Waals surface area contributed by atoms with Crippen LogP contribution in [0.2, 0.25) is 0 Å². The molecule has 1 rings (SSSR count). The van der Waals surface area contributed by atoms with Crippen LogP contribution in [0, 0.1) is 5.41 Å². The third-order valence-electron chi connectivity index (χ3n) is 2.69. The minimum atomic E-state index is -4.49. The van der Waals surface area contributed by atoms with E-state index in [4.69, 9.17) is 0 Å². The fourth-order valence-corrected chi connectivity index (χ4v) is 1.66. The highest BCUT2D eigenvalue weighted by Gasteiger charge is 2.47. The number of alkyl halides is 3. The highest BCUT2D eigenvalue weighted by atomic mass is 19.4. The normalized spacial score (nSPS) is 14.3. The Hall–Kier alpha value is -1.53. The predicted molar refractivity (Wildman–Crippen MR) is 64.7 cm³/mol. The topological polar surface area (TPSA) is 46.9 Å². The Morgan fingerprint density at radius 2 is 2.00 bits per heavy atom. The Balaban J connectivity index is 2.88. The summed E-state index contributed by atoms with van der Waals surface area (Å²) >= 11 is 0. The first-order valence-electron chi connectivity index (χ1n) is 5.95. The maximum Gasteiger partial charge on any atom is 0.409 e. The largest absolute Gasteiger partial charge is 0.409 e. The summed E-state index contributed by atoms with van der Waals surface area (Å²) < 4.78 is 40.3. The van der Waals surface area contributed by atoms with Crippen LogP contribution >= 0.6 is 0 Å². The van der Waals surface area contributed by atoms with Crippen LogP contribution < -0.4 is 5.32 Å². The monoisotopic (exact) mass is 277 g/mol. The zero-order valence-electron chi connectivity index (χ0n) is 11.4. The average molecular weight is 277 g/mol. The molecule has 1 N–H and O–H groups in total. The van der Waals surface area contributed by atoms with Crippen molar-refractivity contribution in [2.45, 2.75) is 46.5 Å². The lowest BCUT2D eigenvalue weighted by Gasteiger charge is -2.32. The molecule has 0 saturated heterocycles. The molecule has 0 radical (unpaired) electrons. The summed E-state index contributed by atoms with van der Waals surface area (Å²) in [4.78, 5) is 11.8. The number of halogens is 3. The first kappa shape index (κ1) is 15.5. The van der Waals surface area contributed by atoms with Gasteiger partial charge in [-0.25, -0.2) is 0 Å². The number of aromatic nitrogens is 2. The van der Waals surface area contributed by atoms with Gasteiger partial charge in [0.2, 0.25) is 0 Å². The van der Waals surface area contributed by atoms with E-state index >= 15 is 0 Å². The fourth-order valence-electron chi connectivity index (χ4n) is 1.66. The minimum Gasteiger partial charge on any atom is -0.340 e. The zero-order chi connectivity index (χ0) is 14.8. The van der Waals surface area contributed by atoms with Crippen LogP contribution in [0.25, 0.3) is 0 Å². The van der Waals surface area contributed by atoms with Gasteiger partial charge in [-0.1, -0.05) is 20.8 Å². The molecule has 0 aromatic carbocycles. The van der Waals surface area contributed by atoms with Crippen molar-refractivity contribution in [3.63, 3.8) is 0 Å². The molecule has 0 bridgehead atoms. The van der Waals surface area contributed by atoms with Crippen LogP contribution in [-0.2, 0) is 6.54 Å². The van der Waals surface area contributed by atoms with Crippen molar-refractivity contribution in [1.29, 1.82) is 0 Å². The molecule has 4 nitrogen and oxygen atoms in total. The third-order valence-corrected chi connectivity index (χ3v) is 2.69. The molecule has 0 fully saturated rings. The van der Waals surface area contributed by atoms with E-state index in [2.05, 4.69) is 5.10 Å². The number of carbonyl (C=O) groups excluding carboxylic acids is 1. The highest BCUT2D eigenvalue weighted by molar-refractivity contribution is 5.94. The maximum atomic E-state index is 12.9. The van der Waals surface area contributed by atoms with Crippen molar-refractivity contribution in [3.8, 4) is 0 Å². The van der Waals surface area contributed by atoms with Gasteiger partial charge in [0.1, 0.15) is 6.04 Å². The Kier molecular flexibility index (Phi) is 4.27. The van der Waals surface area contributed by atoms with Crippen LogP contribution in [0.1, 0.15) is 38.1 Å². The number of carbonyl (C=O) groups is 1. The molecule has 0 saturated carbocycles. The lowest BCUT2D eigenvalue weighted by atomic mass is 9.86.